The van der Waals surface area contributed by atoms with E-state index in [9.17, 15) is 33.2 Å². The Balaban J connectivity index is 1.61. The number of hydrogen-bond acceptors (Lipinski definition) is 8. The monoisotopic (exact) mass is 722 g/mol. The van der Waals surface area contributed by atoms with Crippen LogP contribution in [0.15, 0.2) is 77.7 Å². The van der Waals surface area contributed by atoms with Crippen LogP contribution >= 0.6 is 11.6 Å². The van der Waals surface area contributed by atoms with Crippen LogP contribution in [-0.2, 0) is 32.6 Å². The number of carbonyl (C=O) groups excluding carboxylic acids is 3. The van der Waals surface area contributed by atoms with Gasteiger partial charge >= 0.3 is 6.03 Å². The second-order valence-corrected chi connectivity index (χ2v) is 15.5. The van der Waals surface area contributed by atoms with Gasteiger partial charge in [-0.1, -0.05) is 87.8 Å². The molecular weight excluding hydrogens is 680 g/mol. The van der Waals surface area contributed by atoms with Gasteiger partial charge in [0, 0.05) is 13.1 Å². The molecule has 3 aromatic rings. The minimum atomic E-state index is -4.15. The third-order valence-corrected chi connectivity index (χ3v) is 10.6. The first kappa shape index (κ1) is 38.3. The molecule has 266 valence electrons. The highest BCUT2D eigenvalue weighted by Crippen LogP contribution is 2.27. The lowest BCUT2D eigenvalue weighted by Gasteiger charge is -2.34. The molecule has 0 aliphatic carbocycles. The van der Waals surface area contributed by atoms with Crippen molar-refractivity contribution in [2.45, 2.75) is 63.7 Å². The van der Waals surface area contributed by atoms with Gasteiger partial charge in [0.05, 0.1) is 45.9 Å². The first-order chi connectivity index (χ1) is 23.6. The van der Waals surface area contributed by atoms with Gasteiger partial charge in [-0.05, 0) is 53.6 Å². The lowest BCUT2D eigenvalue weighted by atomic mass is 9.97. The van der Waals surface area contributed by atoms with Gasteiger partial charge in [0.25, 0.3) is 5.91 Å². The van der Waals surface area contributed by atoms with Crippen molar-refractivity contribution in [1.82, 2.24) is 19.4 Å². The number of carbonyl (C=O) groups is 3. The molecule has 0 bridgehead atoms. The fourth-order valence-electron chi connectivity index (χ4n) is 5.94. The largest absolute Gasteiger partial charge is 0.397 e. The van der Waals surface area contributed by atoms with E-state index < -0.39 is 52.0 Å². The molecule has 1 fully saturated rings. The zero-order chi connectivity index (χ0) is 36.7. The second-order valence-electron chi connectivity index (χ2n) is 13.1. The minimum Gasteiger partial charge on any atom is -0.397 e. The predicted octanol–water partition coefficient (Wildman–Crippen LogP) is 4.02. The van der Waals surface area contributed by atoms with Crippen LogP contribution < -0.4 is 11.1 Å². The Morgan fingerprint density at radius 1 is 1.04 bits per heavy atom. The molecule has 1 aliphatic heterocycles. The van der Waals surface area contributed by atoms with Crippen LogP contribution in [0.25, 0.3) is 0 Å². The number of halogens is 1. The van der Waals surface area contributed by atoms with Crippen LogP contribution in [0.4, 0.5) is 10.5 Å². The number of nitrogens with one attached hydrogen (secondary N) is 1. The van der Waals surface area contributed by atoms with Crippen molar-refractivity contribution in [3.63, 3.8) is 0 Å². The van der Waals surface area contributed by atoms with E-state index in [0.717, 1.165) is 14.8 Å². The average molecular weight is 723 g/mol. The van der Waals surface area contributed by atoms with E-state index in [2.05, 4.69) is 11.4 Å². The predicted molar refractivity (Wildman–Crippen MR) is 190 cm³/mol. The molecule has 0 radical (unpaired) electrons. The number of aliphatic hydroxyl groups excluding tert-OH is 1. The standard InChI is InChI=1S/C36H43ClN6O6S/c1-23(2)19-41(50(48,49)28-14-15-29(37)30(39)17-28)21-32(44)31(16-25-10-6-5-7-11-25)40-35(46)34(24(3)4)43-22-33(45)42(36(43)47)20-27-13-9-8-12-26(27)18-38/h5-15,17,23-24,31-32,34,44H,16,19-22,39H2,1-4H3,(H,40,46)/t31-,32-,34-/m0/s1. The van der Waals surface area contributed by atoms with Crippen molar-refractivity contribution < 1.29 is 27.9 Å². The first-order valence-corrected chi connectivity index (χ1v) is 18.1. The number of imide groups is 1. The fourth-order valence-corrected chi connectivity index (χ4v) is 7.72. The van der Waals surface area contributed by atoms with E-state index in [-0.39, 0.29) is 54.1 Å². The number of aliphatic hydroxyl groups is 1. The molecule has 4 amide bonds. The van der Waals surface area contributed by atoms with Crippen LogP contribution in [0.1, 0.15) is 44.4 Å². The molecule has 0 unspecified atom stereocenters. The van der Waals surface area contributed by atoms with Gasteiger partial charge < -0.3 is 21.1 Å². The molecule has 1 heterocycles. The van der Waals surface area contributed by atoms with Crippen molar-refractivity contribution in [2.75, 3.05) is 25.4 Å². The Hall–Kier alpha value is -4.48. The van der Waals surface area contributed by atoms with Gasteiger partial charge in [0.1, 0.15) is 12.6 Å². The van der Waals surface area contributed by atoms with Gasteiger partial charge in [0.15, 0.2) is 0 Å². The Kier molecular flexibility index (Phi) is 12.6. The number of sulfonamides is 1. The number of nitriles is 1. The molecule has 4 N–H and O–H groups in total. The molecule has 4 rings (SSSR count). The molecule has 50 heavy (non-hydrogen) atoms. The normalized spacial score (nSPS) is 15.4. The van der Waals surface area contributed by atoms with Crippen molar-refractivity contribution in [2.24, 2.45) is 11.8 Å². The van der Waals surface area contributed by atoms with E-state index in [0.29, 0.717) is 11.1 Å². The van der Waals surface area contributed by atoms with E-state index in [1.54, 1.807) is 38.1 Å². The number of rotatable bonds is 15. The summed E-state index contributed by atoms with van der Waals surface area (Å²) in [4.78, 5) is 43.0. The Bertz CT molecular complexity index is 1850. The van der Waals surface area contributed by atoms with Gasteiger partial charge in [-0.25, -0.2) is 13.2 Å². The molecule has 3 aromatic carbocycles. The number of urea groups is 1. The van der Waals surface area contributed by atoms with Crippen LogP contribution in [0, 0.1) is 23.2 Å². The van der Waals surface area contributed by atoms with Crippen molar-refractivity contribution in [3.05, 3.63) is 94.5 Å². The maximum Gasteiger partial charge on any atom is 0.328 e. The zero-order valence-electron chi connectivity index (χ0n) is 28.5. The molecule has 1 aliphatic rings. The van der Waals surface area contributed by atoms with Crippen LogP contribution in [0.2, 0.25) is 5.02 Å². The van der Waals surface area contributed by atoms with Crippen LogP contribution in [0.3, 0.4) is 0 Å². The summed E-state index contributed by atoms with van der Waals surface area (Å²) in [5, 5.41) is 24.3. The number of amides is 4. The number of nitrogens with two attached hydrogens (primary N) is 1. The quantitative estimate of drug-likeness (QED) is 0.156. The number of nitrogens with zero attached hydrogens (tertiary/aromatic N) is 4. The summed E-state index contributed by atoms with van der Waals surface area (Å²) in [5.41, 5.74) is 7.61. The Morgan fingerprint density at radius 3 is 2.32 bits per heavy atom. The number of anilines is 1. The first-order valence-electron chi connectivity index (χ1n) is 16.3. The fraction of sp³-hybridized carbons (Fsp3) is 0.389. The highest BCUT2D eigenvalue weighted by atomic mass is 35.5. The van der Waals surface area contributed by atoms with Crippen LogP contribution in [-0.4, -0.2) is 83.3 Å². The van der Waals surface area contributed by atoms with Gasteiger partial charge in [-0.2, -0.15) is 9.57 Å². The lowest BCUT2D eigenvalue weighted by Crippen LogP contribution is -2.57. The van der Waals surface area contributed by atoms with Gasteiger partial charge in [-0.3, -0.25) is 14.5 Å². The highest BCUT2D eigenvalue weighted by molar-refractivity contribution is 7.89. The summed E-state index contributed by atoms with van der Waals surface area (Å²) in [6.45, 7) is 6.41. The third kappa shape index (κ3) is 9.00. The molecule has 14 heteroatoms. The summed E-state index contributed by atoms with van der Waals surface area (Å²) in [6.07, 6.45) is -1.24. The Labute approximate surface area is 298 Å². The minimum absolute atomic E-state index is 0.0672. The molecule has 1 saturated heterocycles. The molecule has 0 aromatic heterocycles. The molecular formula is C36H43ClN6O6S. The van der Waals surface area contributed by atoms with Crippen molar-refractivity contribution in [1.29, 1.82) is 5.26 Å². The van der Waals surface area contributed by atoms with Crippen molar-refractivity contribution >= 4 is 45.2 Å². The van der Waals surface area contributed by atoms with E-state index >= 15 is 0 Å². The second kappa shape index (κ2) is 16.5. The van der Waals surface area contributed by atoms with E-state index in [1.165, 1.54) is 23.1 Å². The molecule has 3 atom stereocenters. The lowest BCUT2D eigenvalue weighted by molar-refractivity contribution is -0.129. The number of nitrogen functional groups attached to an aromatic ring is 1. The topological polar surface area (TPSA) is 177 Å². The smallest absolute Gasteiger partial charge is 0.328 e. The zero-order valence-corrected chi connectivity index (χ0v) is 30.1. The average Bonchev–Trinajstić information content (AvgIpc) is 3.33. The summed E-state index contributed by atoms with van der Waals surface area (Å²) >= 11 is 6.04. The number of hydrogen-bond donors (Lipinski definition) is 3. The van der Waals surface area contributed by atoms with Gasteiger partial charge in [0.2, 0.25) is 15.9 Å². The highest BCUT2D eigenvalue weighted by Gasteiger charge is 2.44. The summed E-state index contributed by atoms with van der Waals surface area (Å²) in [5.74, 6) is -1.68. The summed E-state index contributed by atoms with van der Waals surface area (Å²) in [7, 11) is -4.15. The van der Waals surface area contributed by atoms with E-state index in [4.69, 9.17) is 17.3 Å². The maximum absolute atomic E-state index is 14.1. The number of benzene rings is 3. The Morgan fingerprint density at radius 2 is 1.70 bits per heavy atom. The maximum atomic E-state index is 14.1. The SMILES string of the molecule is CC(C)CN(C[C@H](O)[C@H](Cc1ccccc1)NC(=O)[C@H](C(C)C)N1CC(=O)N(Cc2ccccc2C#N)C1=O)S(=O)(=O)c1ccc(Cl)c(N)c1. The molecule has 0 saturated carbocycles. The molecule has 12 nitrogen and oxygen atoms in total. The van der Waals surface area contributed by atoms with Crippen LogP contribution in [0.5, 0.6) is 0 Å². The summed E-state index contributed by atoms with van der Waals surface area (Å²) < 4.78 is 28.8. The third-order valence-electron chi connectivity index (χ3n) is 8.44. The van der Waals surface area contributed by atoms with Gasteiger partial charge in [-0.15, -0.1) is 0 Å². The molecule has 0 spiro atoms. The van der Waals surface area contributed by atoms with Crippen molar-refractivity contribution in [3.8, 4) is 6.07 Å². The summed E-state index contributed by atoms with van der Waals surface area (Å²) in [6, 6.07) is 19.1. The van der Waals surface area contributed by atoms with E-state index in [1.807, 2.05) is 44.2 Å².